The molecule has 4 heteroatoms. The zero-order chi connectivity index (χ0) is 14.9. The van der Waals surface area contributed by atoms with Gasteiger partial charge in [-0.05, 0) is 43.7 Å². The molecule has 0 bridgehead atoms. The lowest BCUT2D eigenvalue weighted by molar-refractivity contribution is 0.129. The van der Waals surface area contributed by atoms with E-state index < -0.39 is 0 Å². The molecule has 1 aliphatic carbocycles. The van der Waals surface area contributed by atoms with Crippen LogP contribution in [0.4, 0.5) is 0 Å². The molecule has 1 fully saturated rings. The molecular formula is C17H27N3O. The summed E-state index contributed by atoms with van der Waals surface area (Å²) in [5.41, 5.74) is 2.55. The average molecular weight is 289 g/mol. The van der Waals surface area contributed by atoms with E-state index in [2.05, 4.69) is 53.7 Å². The van der Waals surface area contributed by atoms with Gasteiger partial charge in [-0.1, -0.05) is 24.3 Å². The summed E-state index contributed by atoms with van der Waals surface area (Å²) in [5, 5.41) is 6.59. The van der Waals surface area contributed by atoms with E-state index in [4.69, 9.17) is 4.74 Å². The van der Waals surface area contributed by atoms with Crippen molar-refractivity contribution in [2.45, 2.75) is 33.2 Å². The molecule has 1 aromatic carbocycles. The van der Waals surface area contributed by atoms with Crippen molar-refractivity contribution in [1.82, 2.24) is 10.6 Å². The molecule has 1 saturated carbocycles. The molecule has 0 aliphatic heterocycles. The molecule has 2 N–H and O–H groups in total. The quantitative estimate of drug-likeness (QED) is 0.439. The van der Waals surface area contributed by atoms with Gasteiger partial charge in [-0.15, -0.1) is 0 Å². The highest BCUT2D eigenvalue weighted by molar-refractivity contribution is 5.79. The minimum Gasteiger partial charge on any atom is -0.379 e. The van der Waals surface area contributed by atoms with Gasteiger partial charge < -0.3 is 15.4 Å². The first-order chi connectivity index (χ1) is 10.3. The fraction of sp³-hybridized carbons (Fsp3) is 0.588. The molecule has 0 aromatic heterocycles. The highest BCUT2D eigenvalue weighted by atomic mass is 16.5. The third-order valence-electron chi connectivity index (χ3n) is 3.60. The van der Waals surface area contributed by atoms with Crippen LogP contribution in [0.3, 0.4) is 0 Å². The number of ether oxygens (including phenoxy) is 1. The Labute approximate surface area is 128 Å². The highest BCUT2D eigenvalue weighted by Gasteiger charge is 2.20. The van der Waals surface area contributed by atoms with Crippen molar-refractivity contribution in [1.29, 1.82) is 0 Å². The fourth-order valence-electron chi connectivity index (χ4n) is 2.07. The number of benzene rings is 1. The van der Waals surface area contributed by atoms with Crippen LogP contribution in [0, 0.1) is 12.8 Å². The average Bonchev–Trinajstić information content (AvgIpc) is 3.30. The largest absolute Gasteiger partial charge is 0.379 e. The molecule has 0 heterocycles. The van der Waals surface area contributed by atoms with Crippen LogP contribution in [0.25, 0.3) is 0 Å². The summed E-state index contributed by atoms with van der Waals surface area (Å²) < 4.78 is 5.62. The third kappa shape index (κ3) is 6.17. The van der Waals surface area contributed by atoms with Gasteiger partial charge in [0, 0.05) is 19.7 Å². The number of aryl methyl sites for hydroxylation is 1. The topological polar surface area (TPSA) is 45.7 Å². The molecule has 116 valence electrons. The maximum absolute atomic E-state index is 5.62. The van der Waals surface area contributed by atoms with Crippen LogP contribution in [0.15, 0.2) is 29.3 Å². The molecule has 2 rings (SSSR count). The normalized spacial score (nSPS) is 15.0. The summed E-state index contributed by atoms with van der Waals surface area (Å²) in [6.07, 6.45) is 2.68. The summed E-state index contributed by atoms with van der Waals surface area (Å²) in [6.45, 7) is 8.22. The monoisotopic (exact) mass is 289 g/mol. The maximum atomic E-state index is 5.62. The van der Waals surface area contributed by atoms with Crippen molar-refractivity contribution in [3.05, 3.63) is 35.4 Å². The maximum Gasteiger partial charge on any atom is 0.191 e. The van der Waals surface area contributed by atoms with Crippen LogP contribution >= 0.6 is 0 Å². The lowest BCUT2D eigenvalue weighted by Crippen LogP contribution is -2.39. The molecule has 4 nitrogen and oxygen atoms in total. The van der Waals surface area contributed by atoms with Gasteiger partial charge in [0.2, 0.25) is 0 Å². The van der Waals surface area contributed by atoms with Crippen molar-refractivity contribution < 1.29 is 4.74 Å². The Morgan fingerprint density at radius 3 is 2.81 bits per heavy atom. The molecular weight excluding hydrogens is 262 g/mol. The Bertz CT molecular complexity index is 455. The van der Waals surface area contributed by atoms with E-state index in [0.717, 1.165) is 38.2 Å². The van der Waals surface area contributed by atoms with Crippen LogP contribution in [-0.2, 0) is 11.3 Å². The van der Waals surface area contributed by atoms with E-state index in [1.807, 2.05) is 0 Å². The molecule has 0 amide bonds. The lowest BCUT2D eigenvalue weighted by Gasteiger charge is -2.12. The van der Waals surface area contributed by atoms with E-state index in [1.165, 1.54) is 24.0 Å². The first-order valence-corrected chi connectivity index (χ1v) is 7.94. The van der Waals surface area contributed by atoms with Gasteiger partial charge in [0.05, 0.1) is 13.2 Å². The Hall–Kier alpha value is -1.55. The number of hydrogen-bond donors (Lipinski definition) is 2. The Balaban J connectivity index is 1.73. The summed E-state index contributed by atoms with van der Waals surface area (Å²) in [5.74, 6) is 1.68. The molecule has 1 aromatic rings. The highest BCUT2D eigenvalue weighted by Crippen LogP contribution is 2.28. The molecule has 0 unspecified atom stereocenters. The Morgan fingerprint density at radius 2 is 2.10 bits per heavy atom. The van der Waals surface area contributed by atoms with Gasteiger partial charge in [-0.25, -0.2) is 4.99 Å². The molecule has 21 heavy (non-hydrogen) atoms. The Kier molecular flexibility index (Phi) is 6.54. The van der Waals surface area contributed by atoms with Crippen LogP contribution in [0.1, 0.15) is 30.9 Å². The Morgan fingerprint density at radius 1 is 1.29 bits per heavy atom. The van der Waals surface area contributed by atoms with Crippen LogP contribution in [0.2, 0.25) is 0 Å². The summed E-state index contributed by atoms with van der Waals surface area (Å²) in [7, 11) is 0. The summed E-state index contributed by atoms with van der Waals surface area (Å²) in [4.78, 5) is 4.63. The predicted molar refractivity (Wildman–Crippen MR) is 87.5 cm³/mol. The summed E-state index contributed by atoms with van der Waals surface area (Å²) in [6, 6.07) is 8.37. The molecule has 0 spiro atoms. The zero-order valence-corrected chi connectivity index (χ0v) is 13.2. The number of guanidine groups is 1. The molecule has 0 atom stereocenters. The van der Waals surface area contributed by atoms with Gasteiger partial charge in [0.25, 0.3) is 0 Å². The summed E-state index contributed by atoms with van der Waals surface area (Å²) >= 11 is 0. The van der Waals surface area contributed by atoms with Crippen molar-refractivity contribution in [2.75, 3.05) is 26.3 Å². The molecule has 1 aliphatic rings. The predicted octanol–water partition coefficient (Wildman–Crippen LogP) is 2.48. The van der Waals surface area contributed by atoms with Crippen LogP contribution in [0.5, 0.6) is 0 Å². The van der Waals surface area contributed by atoms with Crippen LogP contribution in [-0.4, -0.2) is 32.3 Å². The van der Waals surface area contributed by atoms with Gasteiger partial charge in [0.15, 0.2) is 5.96 Å². The van der Waals surface area contributed by atoms with E-state index in [0.29, 0.717) is 6.54 Å². The van der Waals surface area contributed by atoms with Crippen molar-refractivity contribution in [3.63, 3.8) is 0 Å². The first kappa shape index (κ1) is 15.8. The smallest absolute Gasteiger partial charge is 0.191 e. The number of nitrogens with one attached hydrogen (secondary N) is 2. The van der Waals surface area contributed by atoms with Gasteiger partial charge in [-0.3, -0.25) is 0 Å². The molecule has 0 radical (unpaired) electrons. The number of aliphatic imine (C=N–C) groups is 1. The number of hydrogen-bond acceptors (Lipinski definition) is 2. The lowest BCUT2D eigenvalue weighted by atomic mass is 10.1. The molecule has 0 saturated heterocycles. The zero-order valence-electron chi connectivity index (χ0n) is 13.2. The van der Waals surface area contributed by atoms with E-state index in [1.54, 1.807) is 0 Å². The van der Waals surface area contributed by atoms with E-state index >= 15 is 0 Å². The van der Waals surface area contributed by atoms with Gasteiger partial charge >= 0.3 is 0 Å². The van der Waals surface area contributed by atoms with Gasteiger partial charge in [-0.2, -0.15) is 0 Å². The standard InChI is InChI=1S/C17H27N3O/c1-3-18-17(19-10-11-21-13-15-8-9-15)20-12-16-7-5-4-6-14(16)2/h4-7,15H,3,8-13H2,1-2H3,(H2,18,19,20). The van der Waals surface area contributed by atoms with Crippen molar-refractivity contribution >= 4 is 5.96 Å². The second kappa shape index (κ2) is 8.67. The fourth-order valence-corrected chi connectivity index (χ4v) is 2.07. The third-order valence-corrected chi connectivity index (χ3v) is 3.60. The van der Waals surface area contributed by atoms with Gasteiger partial charge in [0.1, 0.15) is 0 Å². The van der Waals surface area contributed by atoms with E-state index in [-0.39, 0.29) is 0 Å². The number of nitrogens with zero attached hydrogens (tertiary/aromatic N) is 1. The minimum absolute atomic E-state index is 0.699. The van der Waals surface area contributed by atoms with Crippen molar-refractivity contribution in [3.8, 4) is 0 Å². The second-order valence-corrected chi connectivity index (χ2v) is 5.57. The number of rotatable bonds is 8. The second-order valence-electron chi connectivity index (χ2n) is 5.57. The first-order valence-electron chi connectivity index (χ1n) is 7.94. The van der Waals surface area contributed by atoms with E-state index in [9.17, 15) is 0 Å². The van der Waals surface area contributed by atoms with Crippen molar-refractivity contribution in [2.24, 2.45) is 10.9 Å². The minimum atomic E-state index is 0.699. The van der Waals surface area contributed by atoms with Crippen LogP contribution < -0.4 is 10.6 Å². The SMILES string of the molecule is CCNC(=NCc1ccccc1C)NCCOCC1CC1.